The molecule has 0 radical (unpaired) electrons. The maximum Gasteiger partial charge on any atom is 0.121 e. The Hall–Kier alpha value is -3.44. The van der Waals surface area contributed by atoms with Gasteiger partial charge in [0.25, 0.3) is 0 Å². The van der Waals surface area contributed by atoms with E-state index in [1.807, 2.05) is 6.07 Å². The zero-order valence-corrected chi connectivity index (χ0v) is 32.0. The molecule has 4 aromatic rings. The van der Waals surface area contributed by atoms with Crippen LogP contribution in [0.25, 0.3) is 0 Å². The molecule has 52 heavy (non-hydrogen) atoms. The van der Waals surface area contributed by atoms with E-state index in [4.69, 9.17) is 14.2 Å². The Bertz CT molecular complexity index is 1420. The van der Waals surface area contributed by atoms with Crippen LogP contribution in [0.1, 0.15) is 130 Å². The average molecular weight is 707 g/mol. The monoisotopic (exact) mass is 706 g/mol. The molecule has 1 N–H and O–H groups in total. The van der Waals surface area contributed by atoms with Crippen LogP contribution in [0, 0.1) is 0 Å². The minimum Gasteiger partial charge on any atom is -0.508 e. The van der Waals surface area contributed by atoms with Gasteiger partial charge in [-0.25, -0.2) is 0 Å². The summed E-state index contributed by atoms with van der Waals surface area (Å²) in [6, 6.07) is 36.1. The zero-order chi connectivity index (χ0) is 36.2. The highest BCUT2D eigenvalue weighted by atomic mass is 16.5. The highest BCUT2D eigenvalue weighted by molar-refractivity contribution is 5.43. The van der Waals surface area contributed by atoms with Gasteiger partial charge < -0.3 is 19.3 Å². The molecule has 0 bridgehead atoms. The van der Waals surface area contributed by atoms with Gasteiger partial charge in [0.05, 0.1) is 19.8 Å². The topological polar surface area (TPSA) is 47.9 Å². The number of aromatic hydroxyl groups is 1. The lowest BCUT2D eigenvalue weighted by molar-refractivity contribution is 0.0945. The Morgan fingerprint density at radius 1 is 0.327 bits per heavy atom. The van der Waals surface area contributed by atoms with Crippen molar-refractivity contribution < 1.29 is 19.3 Å². The van der Waals surface area contributed by atoms with Crippen molar-refractivity contribution in [3.05, 3.63) is 137 Å². The number of ether oxygens (including phenoxy) is 3. The molecule has 0 unspecified atom stereocenters. The maximum absolute atomic E-state index is 10.9. The summed E-state index contributed by atoms with van der Waals surface area (Å²) < 4.78 is 18.6. The molecule has 0 aliphatic carbocycles. The van der Waals surface area contributed by atoms with Crippen molar-refractivity contribution in [3.8, 4) is 5.75 Å². The lowest BCUT2D eigenvalue weighted by Gasteiger charge is -2.17. The first-order chi connectivity index (χ1) is 25.8. The van der Waals surface area contributed by atoms with E-state index in [-0.39, 0.29) is 5.75 Å². The molecule has 282 valence electrons. The van der Waals surface area contributed by atoms with E-state index in [9.17, 15) is 5.11 Å². The molecule has 0 amide bonds. The molecule has 0 spiro atoms. The lowest BCUT2D eigenvalue weighted by Crippen LogP contribution is -2.08. The van der Waals surface area contributed by atoms with E-state index in [2.05, 4.69) is 91.0 Å². The Balaban J connectivity index is 1.14. The van der Waals surface area contributed by atoms with E-state index in [0.717, 1.165) is 62.0 Å². The summed E-state index contributed by atoms with van der Waals surface area (Å²) in [5, 5.41) is 10.9. The first-order valence-corrected chi connectivity index (χ1v) is 20.5. The summed E-state index contributed by atoms with van der Waals surface area (Å²) in [5.41, 5.74) is 7.27. The molecule has 4 nitrogen and oxygen atoms in total. The molecule has 0 aliphatic rings. The van der Waals surface area contributed by atoms with Crippen LogP contribution in [0.2, 0.25) is 0 Å². The Labute approximate surface area is 315 Å². The van der Waals surface area contributed by atoms with Gasteiger partial charge in [-0.1, -0.05) is 155 Å². The third-order valence-electron chi connectivity index (χ3n) is 10.0. The molecule has 4 rings (SSSR count). The van der Waals surface area contributed by atoms with E-state index >= 15 is 0 Å². The van der Waals surface area contributed by atoms with Crippen LogP contribution in [0.15, 0.2) is 103 Å². The minimum absolute atomic E-state index is 0.289. The summed E-state index contributed by atoms with van der Waals surface area (Å²) >= 11 is 0. The lowest BCUT2D eigenvalue weighted by atomic mass is 10.0. The van der Waals surface area contributed by atoms with Gasteiger partial charge in [0.1, 0.15) is 5.75 Å². The van der Waals surface area contributed by atoms with Crippen LogP contribution in [0.3, 0.4) is 0 Å². The third kappa shape index (κ3) is 17.9. The van der Waals surface area contributed by atoms with Gasteiger partial charge in [0, 0.05) is 25.4 Å². The molecule has 0 heterocycles. The number of benzene rings is 4. The van der Waals surface area contributed by atoms with Crippen molar-refractivity contribution >= 4 is 0 Å². The second-order valence-corrected chi connectivity index (χ2v) is 14.4. The Morgan fingerprint density at radius 3 is 1.10 bits per heavy atom. The van der Waals surface area contributed by atoms with Gasteiger partial charge in [-0.2, -0.15) is 0 Å². The molecule has 0 saturated heterocycles. The Morgan fingerprint density at radius 2 is 0.673 bits per heavy atom. The van der Waals surface area contributed by atoms with E-state index in [0.29, 0.717) is 26.4 Å². The van der Waals surface area contributed by atoms with Crippen LogP contribution in [-0.4, -0.2) is 24.9 Å². The zero-order valence-electron chi connectivity index (χ0n) is 32.0. The predicted molar refractivity (Wildman–Crippen MR) is 217 cm³/mol. The average Bonchev–Trinajstić information content (AvgIpc) is 3.18. The molecule has 0 saturated carbocycles. The first kappa shape index (κ1) is 41.3. The van der Waals surface area contributed by atoms with E-state index < -0.39 is 0 Å². The molecular formula is C48H66O4. The predicted octanol–water partition coefficient (Wildman–Crippen LogP) is 12.5. The molecule has 0 aromatic heterocycles. The fourth-order valence-corrected chi connectivity index (χ4v) is 6.86. The normalized spacial score (nSPS) is 11.3. The summed E-state index contributed by atoms with van der Waals surface area (Å²) in [6.45, 7) is 3.59. The fourth-order valence-electron chi connectivity index (χ4n) is 6.86. The van der Waals surface area contributed by atoms with Crippen LogP contribution in [-0.2, 0) is 53.3 Å². The molecule has 0 fully saturated rings. The number of phenolic OH excluding ortho intramolecular Hbond substituents is 1. The third-order valence-corrected chi connectivity index (χ3v) is 10.0. The van der Waals surface area contributed by atoms with Gasteiger partial charge in [0.15, 0.2) is 0 Å². The second-order valence-electron chi connectivity index (χ2n) is 14.4. The highest BCUT2D eigenvalue weighted by Crippen LogP contribution is 2.28. The molecule has 0 atom stereocenters. The first-order valence-electron chi connectivity index (χ1n) is 20.5. The smallest absolute Gasteiger partial charge is 0.121 e. The quantitative estimate of drug-likeness (QED) is 0.0548. The van der Waals surface area contributed by atoms with Crippen molar-refractivity contribution in [2.75, 3.05) is 19.8 Å². The van der Waals surface area contributed by atoms with Gasteiger partial charge in [-0.05, 0) is 91.7 Å². The van der Waals surface area contributed by atoms with E-state index in [1.165, 1.54) is 100 Å². The van der Waals surface area contributed by atoms with Crippen molar-refractivity contribution in [3.63, 3.8) is 0 Å². The molecule has 0 aliphatic heterocycles. The van der Waals surface area contributed by atoms with Crippen LogP contribution in [0.4, 0.5) is 0 Å². The Kier molecular flexibility index (Phi) is 21.6. The molecule has 4 heteroatoms. The number of hydrogen-bond donors (Lipinski definition) is 1. The van der Waals surface area contributed by atoms with Gasteiger partial charge in [0.2, 0.25) is 0 Å². The highest BCUT2D eigenvalue weighted by Gasteiger charge is 2.14. The van der Waals surface area contributed by atoms with Gasteiger partial charge in [-0.3, -0.25) is 0 Å². The standard InChI is InChI=1S/C48H66O4/c49-48-35-34-45(39-50-36-22-7-1-4-13-25-42-28-16-10-17-29-42)46(40-51-37-23-8-2-5-14-26-43-30-18-11-19-31-43)47(48)41-52-38-24-9-3-6-15-27-44-32-20-12-21-33-44/h10-12,16-21,28-35,49H,1-9,13-15,22-27,36-41H2. The van der Waals surface area contributed by atoms with Crippen molar-refractivity contribution in [1.82, 2.24) is 0 Å². The van der Waals surface area contributed by atoms with E-state index in [1.54, 1.807) is 6.07 Å². The van der Waals surface area contributed by atoms with Gasteiger partial charge >= 0.3 is 0 Å². The number of hydrogen-bond acceptors (Lipinski definition) is 4. The summed E-state index contributed by atoms with van der Waals surface area (Å²) in [7, 11) is 0. The fraction of sp³-hybridized carbons (Fsp3) is 0.500. The van der Waals surface area contributed by atoms with Crippen LogP contribution >= 0.6 is 0 Å². The van der Waals surface area contributed by atoms with Crippen molar-refractivity contribution in [1.29, 1.82) is 0 Å². The summed E-state index contributed by atoms with van der Waals surface area (Å²) in [4.78, 5) is 0. The summed E-state index contributed by atoms with van der Waals surface area (Å²) in [5.74, 6) is 0.289. The number of unbranched alkanes of at least 4 members (excludes halogenated alkanes) is 12. The summed E-state index contributed by atoms with van der Waals surface area (Å²) in [6.07, 6.45) is 21.4. The van der Waals surface area contributed by atoms with Crippen LogP contribution in [0.5, 0.6) is 5.75 Å². The molecule has 4 aromatic carbocycles. The largest absolute Gasteiger partial charge is 0.508 e. The molecular weight excluding hydrogens is 641 g/mol. The van der Waals surface area contributed by atoms with Crippen molar-refractivity contribution in [2.45, 2.75) is 135 Å². The SMILES string of the molecule is Oc1ccc(COCCCCCCCc2ccccc2)c(COCCCCCCCc2ccccc2)c1COCCCCCCCc1ccccc1. The van der Waals surface area contributed by atoms with Crippen molar-refractivity contribution in [2.24, 2.45) is 0 Å². The van der Waals surface area contributed by atoms with Gasteiger partial charge in [-0.15, -0.1) is 0 Å². The minimum atomic E-state index is 0.289. The number of rotatable bonds is 30. The van der Waals surface area contributed by atoms with Crippen LogP contribution < -0.4 is 0 Å². The number of aryl methyl sites for hydroxylation is 3. The number of phenols is 1. The second kappa shape index (κ2) is 27.2. The maximum atomic E-state index is 10.9.